The summed E-state index contributed by atoms with van der Waals surface area (Å²) in [6.45, 7) is 0.606. The highest BCUT2D eigenvalue weighted by Crippen LogP contribution is 2.27. The molecule has 19 heavy (non-hydrogen) atoms. The number of hydrogen-bond acceptors (Lipinski definition) is 3. The lowest BCUT2D eigenvalue weighted by atomic mass is 9.85. The number of ether oxygens (including phenoxy) is 1. The molecule has 0 aliphatic heterocycles. The Bertz CT molecular complexity index is 363. The van der Waals surface area contributed by atoms with E-state index in [1.807, 2.05) is 24.3 Å². The van der Waals surface area contributed by atoms with Crippen LogP contribution in [0.1, 0.15) is 38.5 Å². The molecule has 1 aliphatic carbocycles. The minimum Gasteiger partial charge on any atom is -0.492 e. The van der Waals surface area contributed by atoms with E-state index in [4.69, 9.17) is 22.2 Å². The number of halogens is 1. The van der Waals surface area contributed by atoms with Gasteiger partial charge in [-0.25, -0.2) is 0 Å². The summed E-state index contributed by atoms with van der Waals surface area (Å²) in [5, 5.41) is 0.725. The predicted molar refractivity (Wildman–Crippen MR) is 79.3 cm³/mol. The molecule has 1 unspecified atom stereocenters. The average molecular weight is 283 g/mol. The number of nitrogens with two attached hydrogens (primary N) is 1. The first-order chi connectivity index (χ1) is 9.28. The molecule has 1 aromatic rings. The molecular weight excluding hydrogens is 260 g/mol. The van der Waals surface area contributed by atoms with Crippen LogP contribution in [0.3, 0.4) is 0 Å². The van der Waals surface area contributed by atoms with Crippen LogP contribution in [0.25, 0.3) is 0 Å². The van der Waals surface area contributed by atoms with E-state index < -0.39 is 0 Å². The van der Waals surface area contributed by atoms with E-state index in [2.05, 4.69) is 5.43 Å². The molecule has 3 nitrogen and oxygen atoms in total. The zero-order chi connectivity index (χ0) is 13.5. The number of nitrogens with one attached hydrogen (secondary N) is 1. The summed E-state index contributed by atoms with van der Waals surface area (Å²) in [4.78, 5) is 0. The molecular formula is C15H23ClN2O. The minimum absolute atomic E-state index is 0.221. The smallest absolute Gasteiger partial charge is 0.119 e. The van der Waals surface area contributed by atoms with Crippen LogP contribution in [-0.2, 0) is 0 Å². The summed E-state index contributed by atoms with van der Waals surface area (Å²) in [6.07, 6.45) is 7.88. The van der Waals surface area contributed by atoms with Gasteiger partial charge in [0.05, 0.1) is 6.04 Å². The highest BCUT2D eigenvalue weighted by Gasteiger charge is 2.18. The van der Waals surface area contributed by atoms with Crippen LogP contribution < -0.4 is 16.0 Å². The van der Waals surface area contributed by atoms with Gasteiger partial charge in [-0.15, -0.1) is 0 Å². The van der Waals surface area contributed by atoms with Crippen molar-refractivity contribution in [2.45, 2.75) is 44.6 Å². The van der Waals surface area contributed by atoms with Crippen molar-refractivity contribution in [1.29, 1.82) is 0 Å². The van der Waals surface area contributed by atoms with Crippen molar-refractivity contribution in [2.75, 3.05) is 6.61 Å². The van der Waals surface area contributed by atoms with Crippen LogP contribution in [0.5, 0.6) is 5.75 Å². The second-order valence-electron chi connectivity index (χ2n) is 5.37. The Labute approximate surface area is 120 Å². The molecule has 1 saturated carbocycles. The summed E-state index contributed by atoms with van der Waals surface area (Å²) in [7, 11) is 0. The highest BCUT2D eigenvalue weighted by atomic mass is 35.5. The molecule has 3 N–H and O–H groups in total. The van der Waals surface area contributed by atoms with Gasteiger partial charge in [-0.1, -0.05) is 43.7 Å². The standard InChI is InChI=1S/C15H23ClN2O/c16-13-6-8-15(9-7-13)19-11-14(18-17)10-12-4-2-1-3-5-12/h6-9,12,14,18H,1-5,10-11,17H2. The number of benzene rings is 1. The largest absolute Gasteiger partial charge is 0.492 e. The van der Waals surface area contributed by atoms with E-state index in [9.17, 15) is 0 Å². The van der Waals surface area contributed by atoms with Crippen molar-refractivity contribution >= 4 is 11.6 Å². The van der Waals surface area contributed by atoms with Gasteiger partial charge >= 0.3 is 0 Å². The molecule has 0 heterocycles. The molecule has 0 amide bonds. The lowest BCUT2D eigenvalue weighted by Gasteiger charge is -2.26. The van der Waals surface area contributed by atoms with Crippen LogP contribution in [0.4, 0.5) is 0 Å². The molecule has 1 aliphatic rings. The Kier molecular flexibility index (Phi) is 5.95. The maximum atomic E-state index is 5.84. The first-order valence-corrected chi connectivity index (χ1v) is 7.50. The minimum atomic E-state index is 0.221. The molecule has 1 fully saturated rings. The normalized spacial score (nSPS) is 18.2. The maximum absolute atomic E-state index is 5.84. The molecule has 4 heteroatoms. The molecule has 106 valence electrons. The SMILES string of the molecule is NNC(COc1ccc(Cl)cc1)CC1CCCCC1. The van der Waals surface area contributed by atoms with Gasteiger partial charge in [-0.2, -0.15) is 0 Å². The van der Waals surface area contributed by atoms with Crippen LogP contribution >= 0.6 is 11.6 Å². The molecule has 0 aromatic heterocycles. The Balaban J connectivity index is 1.76. The monoisotopic (exact) mass is 282 g/mol. The summed E-state index contributed by atoms with van der Waals surface area (Å²) in [5.41, 5.74) is 2.88. The third kappa shape index (κ3) is 5.01. The third-order valence-corrected chi connectivity index (χ3v) is 4.10. The number of hydrazine groups is 1. The van der Waals surface area contributed by atoms with E-state index in [-0.39, 0.29) is 6.04 Å². The fraction of sp³-hybridized carbons (Fsp3) is 0.600. The van der Waals surface area contributed by atoms with E-state index in [0.29, 0.717) is 6.61 Å². The molecule has 0 spiro atoms. The fourth-order valence-electron chi connectivity index (χ4n) is 2.74. The highest BCUT2D eigenvalue weighted by molar-refractivity contribution is 6.30. The lowest BCUT2D eigenvalue weighted by Crippen LogP contribution is -2.41. The van der Waals surface area contributed by atoms with E-state index in [1.165, 1.54) is 32.1 Å². The van der Waals surface area contributed by atoms with Crippen LogP contribution in [0.2, 0.25) is 5.02 Å². The summed E-state index contributed by atoms with van der Waals surface area (Å²) < 4.78 is 5.75. The second-order valence-corrected chi connectivity index (χ2v) is 5.80. The first-order valence-electron chi connectivity index (χ1n) is 7.12. The Morgan fingerprint density at radius 3 is 2.53 bits per heavy atom. The number of hydrogen-bond donors (Lipinski definition) is 2. The van der Waals surface area contributed by atoms with Gasteiger partial charge in [0.1, 0.15) is 12.4 Å². The van der Waals surface area contributed by atoms with Gasteiger partial charge < -0.3 is 4.74 Å². The summed E-state index contributed by atoms with van der Waals surface area (Å²) >= 11 is 5.84. The lowest BCUT2D eigenvalue weighted by molar-refractivity contribution is 0.220. The van der Waals surface area contributed by atoms with Crippen molar-refractivity contribution in [3.63, 3.8) is 0 Å². The molecule has 0 radical (unpaired) electrons. The van der Waals surface area contributed by atoms with E-state index in [1.54, 1.807) is 0 Å². The molecule has 0 bridgehead atoms. The molecule has 1 aromatic carbocycles. The Morgan fingerprint density at radius 1 is 1.21 bits per heavy atom. The average Bonchev–Trinajstić information content (AvgIpc) is 2.46. The van der Waals surface area contributed by atoms with Crippen LogP contribution in [0.15, 0.2) is 24.3 Å². The number of rotatable bonds is 6. The van der Waals surface area contributed by atoms with Crippen molar-refractivity contribution in [2.24, 2.45) is 11.8 Å². The van der Waals surface area contributed by atoms with Gasteiger partial charge in [-0.3, -0.25) is 11.3 Å². The van der Waals surface area contributed by atoms with Gasteiger partial charge in [0.15, 0.2) is 0 Å². The first kappa shape index (κ1) is 14.6. The molecule has 2 rings (SSSR count). The zero-order valence-electron chi connectivity index (χ0n) is 11.3. The van der Waals surface area contributed by atoms with Gasteiger partial charge in [-0.05, 0) is 36.6 Å². The van der Waals surface area contributed by atoms with Gasteiger partial charge in [0.25, 0.3) is 0 Å². The quantitative estimate of drug-likeness (QED) is 0.620. The van der Waals surface area contributed by atoms with Crippen LogP contribution in [-0.4, -0.2) is 12.6 Å². The molecule has 1 atom stereocenters. The van der Waals surface area contributed by atoms with Gasteiger partial charge in [0, 0.05) is 5.02 Å². The Hall–Kier alpha value is -0.770. The zero-order valence-corrected chi connectivity index (χ0v) is 12.0. The fourth-order valence-corrected chi connectivity index (χ4v) is 2.86. The van der Waals surface area contributed by atoms with Crippen LogP contribution in [0, 0.1) is 5.92 Å². The van der Waals surface area contributed by atoms with Gasteiger partial charge in [0.2, 0.25) is 0 Å². The Morgan fingerprint density at radius 2 is 1.89 bits per heavy atom. The molecule has 0 saturated heterocycles. The van der Waals surface area contributed by atoms with E-state index in [0.717, 1.165) is 23.1 Å². The predicted octanol–water partition coefficient (Wildman–Crippen LogP) is 3.52. The topological polar surface area (TPSA) is 47.3 Å². The van der Waals surface area contributed by atoms with Crippen molar-refractivity contribution < 1.29 is 4.74 Å². The van der Waals surface area contributed by atoms with Crippen molar-refractivity contribution in [3.8, 4) is 5.75 Å². The van der Waals surface area contributed by atoms with Crippen molar-refractivity contribution in [3.05, 3.63) is 29.3 Å². The third-order valence-electron chi connectivity index (χ3n) is 3.84. The second kappa shape index (κ2) is 7.73. The summed E-state index contributed by atoms with van der Waals surface area (Å²) in [5.74, 6) is 7.26. The maximum Gasteiger partial charge on any atom is 0.119 e. The van der Waals surface area contributed by atoms with E-state index >= 15 is 0 Å². The summed E-state index contributed by atoms with van der Waals surface area (Å²) in [6, 6.07) is 7.66. The van der Waals surface area contributed by atoms with Crippen molar-refractivity contribution in [1.82, 2.24) is 5.43 Å².